The highest BCUT2D eigenvalue weighted by Gasteiger charge is 2.25. The third-order valence-electron chi connectivity index (χ3n) is 5.53. The van der Waals surface area contributed by atoms with E-state index in [1.165, 1.54) is 0 Å². The number of allylic oxidation sites excluding steroid dienone is 1. The fourth-order valence-corrected chi connectivity index (χ4v) is 3.86. The maximum absolute atomic E-state index is 11.2. The second kappa shape index (κ2) is 8.36. The highest BCUT2D eigenvalue weighted by atomic mass is 16.4. The van der Waals surface area contributed by atoms with Crippen LogP contribution in [0.3, 0.4) is 0 Å². The van der Waals surface area contributed by atoms with Crippen molar-refractivity contribution in [2.24, 2.45) is 16.6 Å². The summed E-state index contributed by atoms with van der Waals surface area (Å²) in [7, 11) is 1.71. The van der Waals surface area contributed by atoms with Crippen LogP contribution in [0, 0.1) is 5.92 Å². The second-order valence-electron chi connectivity index (χ2n) is 7.34. The van der Waals surface area contributed by atoms with Crippen LogP contribution in [0.2, 0.25) is 0 Å². The Balaban J connectivity index is 1.66. The minimum absolute atomic E-state index is 0.269. The molecular formula is C22H24N6O2. The lowest BCUT2D eigenvalue weighted by Gasteiger charge is -2.31. The van der Waals surface area contributed by atoms with Crippen LogP contribution in [0.5, 0.6) is 0 Å². The summed E-state index contributed by atoms with van der Waals surface area (Å²) in [5.41, 5.74) is 10.3. The van der Waals surface area contributed by atoms with E-state index >= 15 is 0 Å². The largest absolute Gasteiger partial charge is 0.481 e. The topological polar surface area (TPSA) is 120 Å². The van der Waals surface area contributed by atoms with Crippen molar-refractivity contribution in [3.05, 3.63) is 48.3 Å². The van der Waals surface area contributed by atoms with Crippen molar-refractivity contribution in [1.82, 2.24) is 15.2 Å². The van der Waals surface area contributed by atoms with E-state index < -0.39 is 5.97 Å². The molecule has 4 N–H and O–H groups in total. The van der Waals surface area contributed by atoms with Gasteiger partial charge in [0.1, 0.15) is 11.5 Å². The van der Waals surface area contributed by atoms with E-state index in [1.807, 2.05) is 30.3 Å². The number of nitrogens with one attached hydrogen (secondary N) is 1. The van der Waals surface area contributed by atoms with Crippen LogP contribution in [0.1, 0.15) is 18.4 Å². The molecule has 0 amide bonds. The number of pyridine rings is 1. The van der Waals surface area contributed by atoms with E-state index in [2.05, 4.69) is 25.1 Å². The summed E-state index contributed by atoms with van der Waals surface area (Å²) in [5, 5.41) is 17.8. The number of benzene rings is 1. The first kappa shape index (κ1) is 19.6. The minimum atomic E-state index is -0.714. The quantitative estimate of drug-likeness (QED) is 0.562. The molecule has 0 aliphatic carbocycles. The molecule has 0 bridgehead atoms. The van der Waals surface area contributed by atoms with E-state index in [9.17, 15) is 9.90 Å². The molecular weight excluding hydrogens is 380 g/mol. The van der Waals surface area contributed by atoms with Gasteiger partial charge >= 0.3 is 5.97 Å². The van der Waals surface area contributed by atoms with E-state index in [4.69, 9.17) is 5.73 Å². The maximum Gasteiger partial charge on any atom is 0.306 e. The van der Waals surface area contributed by atoms with E-state index in [-0.39, 0.29) is 5.92 Å². The van der Waals surface area contributed by atoms with Crippen LogP contribution in [0.25, 0.3) is 27.7 Å². The number of fused-ring (bicyclic) bond motifs is 1. The highest BCUT2D eigenvalue weighted by Crippen LogP contribution is 2.31. The van der Waals surface area contributed by atoms with Crippen molar-refractivity contribution in [3.8, 4) is 11.3 Å². The molecule has 2 aromatic heterocycles. The zero-order valence-electron chi connectivity index (χ0n) is 16.7. The number of carbonyl (C=O) groups is 1. The molecule has 0 unspecified atom stereocenters. The molecule has 0 atom stereocenters. The maximum atomic E-state index is 11.2. The van der Waals surface area contributed by atoms with Crippen LogP contribution >= 0.6 is 0 Å². The monoisotopic (exact) mass is 404 g/mol. The van der Waals surface area contributed by atoms with Gasteiger partial charge < -0.3 is 15.7 Å². The number of nitrogens with zero attached hydrogens (tertiary/aromatic N) is 4. The summed E-state index contributed by atoms with van der Waals surface area (Å²) in [6.45, 7) is 1.36. The Hall–Kier alpha value is -3.68. The first-order chi connectivity index (χ1) is 14.6. The molecule has 3 aromatic rings. The summed E-state index contributed by atoms with van der Waals surface area (Å²) in [5.74, 6) is -0.145. The lowest BCUT2D eigenvalue weighted by Crippen LogP contribution is -2.36. The van der Waals surface area contributed by atoms with Gasteiger partial charge in [-0.1, -0.05) is 6.07 Å². The predicted octanol–water partition coefficient (Wildman–Crippen LogP) is 2.93. The van der Waals surface area contributed by atoms with Gasteiger partial charge in [-0.15, -0.1) is 0 Å². The summed E-state index contributed by atoms with van der Waals surface area (Å²) >= 11 is 0. The number of carboxylic acids is 1. The van der Waals surface area contributed by atoms with Crippen LogP contribution in [-0.2, 0) is 4.79 Å². The number of aliphatic carboxylic acids is 1. The molecule has 30 heavy (non-hydrogen) atoms. The average molecular weight is 404 g/mol. The summed E-state index contributed by atoms with van der Waals surface area (Å²) in [4.78, 5) is 21.9. The molecule has 8 heteroatoms. The number of hydrogen-bond donors (Lipinski definition) is 3. The second-order valence-corrected chi connectivity index (χ2v) is 7.34. The number of carboxylic acid groups (broad SMARTS) is 1. The number of nitrogens with two attached hydrogens (primary N) is 1. The lowest BCUT2D eigenvalue weighted by atomic mass is 9.97. The van der Waals surface area contributed by atoms with Crippen LogP contribution < -0.4 is 10.6 Å². The molecule has 0 radical (unpaired) electrons. The Labute approximate surface area is 174 Å². The van der Waals surface area contributed by atoms with E-state index in [0.717, 1.165) is 39.1 Å². The fraction of sp³-hybridized carbons (Fsp3) is 0.273. The third-order valence-corrected chi connectivity index (χ3v) is 5.53. The van der Waals surface area contributed by atoms with E-state index in [1.54, 1.807) is 25.7 Å². The molecule has 1 saturated heterocycles. The van der Waals surface area contributed by atoms with E-state index in [0.29, 0.717) is 25.9 Å². The van der Waals surface area contributed by atoms with Crippen LogP contribution in [0.4, 0.5) is 5.82 Å². The zero-order chi connectivity index (χ0) is 21.1. The zero-order valence-corrected chi connectivity index (χ0v) is 16.7. The molecule has 1 aliphatic heterocycles. The molecule has 1 aromatic carbocycles. The Bertz CT molecular complexity index is 1130. The summed E-state index contributed by atoms with van der Waals surface area (Å²) < 4.78 is 0. The molecule has 8 nitrogen and oxygen atoms in total. The molecule has 1 aliphatic rings. The van der Waals surface area contributed by atoms with Crippen molar-refractivity contribution in [2.75, 3.05) is 25.0 Å². The number of aromatic amines is 1. The summed E-state index contributed by atoms with van der Waals surface area (Å²) in [6.07, 6.45) is 6.30. The highest BCUT2D eigenvalue weighted by molar-refractivity contribution is 6.11. The molecule has 3 heterocycles. The Morgan fingerprint density at radius 3 is 2.80 bits per heavy atom. The van der Waals surface area contributed by atoms with Gasteiger partial charge in [0, 0.05) is 55.3 Å². The van der Waals surface area contributed by atoms with Crippen molar-refractivity contribution < 1.29 is 9.90 Å². The molecule has 1 fully saturated rings. The van der Waals surface area contributed by atoms with Gasteiger partial charge in [-0.05, 0) is 42.7 Å². The SMILES string of the molecule is CN=CC(=CN)c1ccc2[nH]nc(-c3ccnc(N4CCC(C(=O)O)CC4)c3)c2c1. The molecule has 154 valence electrons. The first-order valence-electron chi connectivity index (χ1n) is 9.87. The van der Waals surface area contributed by atoms with Gasteiger partial charge in [0.05, 0.1) is 11.4 Å². The molecule has 4 rings (SSSR count). The van der Waals surface area contributed by atoms with Crippen molar-refractivity contribution in [2.45, 2.75) is 12.8 Å². The Morgan fingerprint density at radius 2 is 2.10 bits per heavy atom. The Morgan fingerprint density at radius 1 is 1.30 bits per heavy atom. The van der Waals surface area contributed by atoms with Gasteiger partial charge in [-0.25, -0.2) is 4.98 Å². The number of aliphatic imine (C=N–C) groups is 1. The minimum Gasteiger partial charge on any atom is -0.481 e. The number of anilines is 1. The third kappa shape index (κ3) is 3.76. The standard InChI is InChI=1S/C22H24N6O2/c1-24-13-17(12-23)15-2-3-19-18(10-15)21(27-26-19)16-4-7-25-20(11-16)28-8-5-14(6-9-28)22(29)30/h2-4,7,10-14H,5-6,8-9,23H2,1H3,(H,26,27)(H,29,30). The summed E-state index contributed by atoms with van der Waals surface area (Å²) in [6, 6.07) is 9.95. The Kier molecular flexibility index (Phi) is 5.47. The fourth-order valence-electron chi connectivity index (χ4n) is 3.86. The number of hydrogen-bond acceptors (Lipinski definition) is 6. The molecule has 0 saturated carbocycles. The van der Waals surface area contributed by atoms with Crippen molar-refractivity contribution in [1.29, 1.82) is 0 Å². The number of rotatable bonds is 5. The van der Waals surface area contributed by atoms with Crippen LogP contribution in [0.15, 0.2) is 47.7 Å². The molecule has 0 spiro atoms. The number of H-pyrrole nitrogens is 1. The lowest BCUT2D eigenvalue weighted by molar-refractivity contribution is -0.142. The van der Waals surface area contributed by atoms with Crippen LogP contribution in [-0.4, -0.2) is 52.6 Å². The smallest absolute Gasteiger partial charge is 0.306 e. The van der Waals surface area contributed by atoms with Gasteiger partial charge in [0.2, 0.25) is 0 Å². The predicted molar refractivity (Wildman–Crippen MR) is 118 cm³/mol. The average Bonchev–Trinajstić information content (AvgIpc) is 3.21. The van der Waals surface area contributed by atoms with Gasteiger partial charge in [0.25, 0.3) is 0 Å². The van der Waals surface area contributed by atoms with Crippen molar-refractivity contribution >= 4 is 34.5 Å². The number of piperidine rings is 1. The number of aromatic nitrogens is 3. The van der Waals surface area contributed by atoms with Gasteiger partial charge in [0.15, 0.2) is 0 Å². The van der Waals surface area contributed by atoms with Crippen molar-refractivity contribution in [3.63, 3.8) is 0 Å². The normalized spacial score (nSPS) is 15.9. The van der Waals surface area contributed by atoms with Gasteiger partial charge in [-0.3, -0.25) is 14.9 Å². The first-order valence-corrected chi connectivity index (χ1v) is 9.87. The van der Waals surface area contributed by atoms with Gasteiger partial charge in [-0.2, -0.15) is 5.10 Å².